The maximum Gasteiger partial charge on any atom is 0.449 e. The summed E-state index contributed by atoms with van der Waals surface area (Å²) in [7, 11) is 0. The monoisotopic (exact) mass is 269 g/mol. The number of alkyl halides is 3. The van der Waals surface area contributed by atoms with Crippen molar-refractivity contribution in [2.45, 2.75) is 12.0 Å². The third kappa shape index (κ3) is 2.46. The standard InChI is InChI=1S/C8H6F3NO4S/c9-8(10,11)7(14,15)6(12-16)5(13)4-2-1-3-17-4/h1-3,14-16H. The van der Waals surface area contributed by atoms with Gasteiger partial charge in [-0.05, 0) is 11.4 Å². The molecule has 3 N–H and O–H groups in total. The Morgan fingerprint density at radius 2 is 1.94 bits per heavy atom. The van der Waals surface area contributed by atoms with Gasteiger partial charge in [0.2, 0.25) is 5.78 Å². The second-order valence-corrected chi connectivity index (χ2v) is 3.87. The number of aliphatic hydroxyl groups is 2. The van der Waals surface area contributed by atoms with Gasteiger partial charge in [0.1, 0.15) is 0 Å². The molecule has 0 unspecified atom stereocenters. The Balaban J connectivity index is 3.15. The first kappa shape index (κ1) is 13.6. The zero-order valence-corrected chi connectivity index (χ0v) is 8.79. The summed E-state index contributed by atoms with van der Waals surface area (Å²) in [6, 6.07) is 2.53. The molecule has 1 aromatic heterocycles. The minimum absolute atomic E-state index is 0.213. The number of oxime groups is 1. The summed E-state index contributed by atoms with van der Waals surface area (Å²) in [5.41, 5.74) is -1.80. The van der Waals surface area contributed by atoms with Gasteiger partial charge in [0.15, 0.2) is 5.71 Å². The lowest BCUT2D eigenvalue weighted by molar-refractivity contribution is -0.311. The third-order valence-corrected chi connectivity index (χ3v) is 2.65. The van der Waals surface area contributed by atoms with E-state index in [0.29, 0.717) is 0 Å². The minimum Gasteiger partial charge on any atom is -0.410 e. The molecule has 0 aliphatic carbocycles. The first-order valence-electron chi connectivity index (χ1n) is 4.04. The summed E-state index contributed by atoms with van der Waals surface area (Å²) in [5.74, 6) is -5.91. The molecule has 9 heteroatoms. The average molecular weight is 269 g/mol. The number of hydrogen-bond donors (Lipinski definition) is 3. The van der Waals surface area contributed by atoms with Crippen LogP contribution in [0.1, 0.15) is 9.67 Å². The van der Waals surface area contributed by atoms with Crippen LogP contribution in [0, 0.1) is 0 Å². The number of thiophene rings is 1. The Hall–Kier alpha value is -1.45. The zero-order chi connectivity index (χ0) is 13.3. The van der Waals surface area contributed by atoms with Gasteiger partial charge < -0.3 is 15.4 Å². The molecule has 0 radical (unpaired) electrons. The van der Waals surface area contributed by atoms with Gasteiger partial charge in [-0.25, -0.2) is 0 Å². The van der Waals surface area contributed by atoms with Gasteiger partial charge in [-0.2, -0.15) is 13.2 Å². The molecule has 1 aromatic rings. The van der Waals surface area contributed by atoms with Crippen molar-refractivity contribution in [2.75, 3.05) is 0 Å². The molecular weight excluding hydrogens is 263 g/mol. The number of hydrogen-bond acceptors (Lipinski definition) is 6. The fraction of sp³-hybridized carbons (Fsp3) is 0.250. The Labute approximate surface area is 96.4 Å². The number of halogens is 3. The number of rotatable bonds is 3. The molecule has 5 nitrogen and oxygen atoms in total. The van der Waals surface area contributed by atoms with Gasteiger partial charge >= 0.3 is 12.0 Å². The smallest absolute Gasteiger partial charge is 0.410 e. The summed E-state index contributed by atoms with van der Waals surface area (Å²) < 4.78 is 36.7. The maximum absolute atomic E-state index is 12.2. The highest BCUT2D eigenvalue weighted by molar-refractivity contribution is 7.13. The van der Waals surface area contributed by atoms with E-state index in [-0.39, 0.29) is 4.88 Å². The number of nitrogens with zero attached hydrogens (tertiary/aromatic N) is 1. The summed E-state index contributed by atoms with van der Waals surface area (Å²) in [6.45, 7) is 0. The molecule has 1 heterocycles. The van der Waals surface area contributed by atoms with Crippen molar-refractivity contribution in [3.8, 4) is 0 Å². The van der Waals surface area contributed by atoms with Crippen molar-refractivity contribution in [2.24, 2.45) is 5.16 Å². The van der Waals surface area contributed by atoms with Gasteiger partial charge in [0, 0.05) is 0 Å². The molecular formula is C8H6F3NO4S. The van der Waals surface area contributed by atoms with Crippen LogP contribution in [-0.4, -0.2) is 38.9 Å². The van der Waals surface area contributed by atoms with E-state index in [4.69, 9.17) is 15.4 Å². The minimum atomic E-state index is -5.55. The predicted octanol–water partition coefficient (Wildman–Crippen LogP) is 1.00. The summed E-state index contributed by atoms with van der Waals surface area (Å²) >= 11 is 0.770. The van der Waals surface area contributed by atoms with E-state index in [1.54, 1.807) is 0 Å². The molecule has 17 heavy (non-hydrogen) atoms. The van der Waals surface area contributed by atoms with Crippen LogP contribution in [0.2, 0.25) is 0 Å². The fourth-order valence-electron chi connectivity index (χ4n) is 0.932. The van der Waals surface area contributed by atoms with Crippen molar-refractivity contribution in [3.05, 3.63) is 22.4 Å². The van der Waals surface area contributed by atoms with Gasteiger partial charge in [0.05, 0.1) is 4.88 Å². The van der Waals surface area contributed by atoms with Crippen LogP contribution in [0.15, 0.2) is 22.7 Å². The highest BCUT2D eigenvalue weighted by Gasteiger charge is 2.59. The van der Waals surface area contributed by atoms with E-state index in [1.807, 2.05) is 5.16 Å². The quantitative estimate of drug-likeness (QED) is 0.251. The summed E-state index contributed by atoms with van der Waals surface area (Å²) in [5, 5.41) is 29.4. The van der Waals surface area contributed by atoms with Crippen LogP contribution in [-0.2, 0) is 0 Å². The van der Waals surface area contributed by atoms with Crippen molar-refractivity contribution >= 4 is 22.8 Å². The van der Waals surface area contributed by atoms with Crippen molar-refractivity contribution in [1.29, 1.82) is 0 Å². The molecule has 0 aliphatic heterocycles. The summed E-state index contributed by atoms with van der Waals surface area (Å²) in [4.78, 5) is 11.2. The number of carbonyl (C=O) groups is 1. The van der Waals surface area contributed by atoms with Crippen molar-refractivity contribution < 1.29 is 33.4 Å². The molecule has 0 bridgehead atoms. The molecule has 0 atom stereocenters. The lowest BCUT2D eigenvalue weighted by Gasteiger charge is -2.23. The SMILES string of the molecule is O=C(C(=NO)C(O)(O)C(F)(F)F)c1cccs1. The first-order chi connectivity index (χ1) is 7.71. The van der Waals surface area contributed by atoms with E-state index >= 15 is 0 Å². The number of ketones is 1. The fourth-order valence-corrected chi connectivity index (χ4v) is 1.60. The van der Waals surface area contributed by atoms with Gasteiger partial charge in [-0.3, -0.25) is 4.79 Å². The molecule has 1 rings (SSSR count). The second kappa shape index (κ2) is 4.43. The van der Waals surface area contributed by atoms with Crippen LogP contribution < -0.4 is 0 Å². The molecule has 0 aliphatic rings. The lowest BCUT2D eigenvalue weighted by atomic mass is 10.1. The molecule has 0 amide bonds. The molecule has 0 fully saturated rings. The molecule has 0 saturated carbocycles. The normalized spacial score (nSPS) is 13.8. The van der Waals surface area contributed by atoms with Crippen molar-refractivity contribution in [1.82, 2.24) is 0 Å². The van der Waals surface area contributed by atoms with E-state index in [9.17, 15) is 18.0 Å². The van der Waals surface area contributed by atoms with Gasteiger partial charge in [-0.1, -0.05) is 11.2 Å². The van der Waals surface area contributed by atoms with E-state index in [0.717, 1.165) is 17.4 Å². The Bertz CT molecular complexity index is 438. The summed E-state index contributed by atoms with van der Waals surface area (Å²) in [6.07, 6.45) is -5.55. The Kier molecular flexibility index (Phi) is 3.55. The number of Topliss-reactive ketones (excluding diaryl/α,β-unsaturated/α-hetero) is 1. The van der Waals surface area contributed by atoms with Gasteiger partial charge in [-0.15, -0.1) is 11.3 Å². The molecule has 0 aromatic carbocycles. The topological polar surface area (TPSA) is 90.1 Å². The largest absolute Gasteiger partial charge is 0.449 e. The van der Waals surface area contributed by atoms with E-state index in [2.05, 4.69) is 0 Å². The van der Waals surface area contributed by atoms with Crippen LogP contribution >= 0.6 is 11.3 Å². The highest BCUT2D eigenvalue weighted by Crippen LogP contribution is 2.30. The Morgan fingerprint density at radius 3 is 2.29 bits per heavy atom. The van der Waals surface area contributed by atoms with Crippen molar-refractivity contribution in [3.63, 3.8) is 0 Å². The van der Waals surface area contributed by atoms with Crippen LogP contribution in [0.25, 0.3) is 0 Å². The number of carbonyl (C=O) groups excluding carboxylic acids is 1. The van der Waals surface area contributed by atoms with Gasteiger partial charge in [0.25, 0.3) is 0 Å². The van der Waals surface area contributed by atoms with Crippen LogP contribution in [0.5, 0.6) is 0 Å². The van der Waals surface area contributed by atoms with Crippen LogP contribution in [0.3, 0.4) is 0 Å². The maximum atomic E-state index is 12.2. The van der Waals surface area contributed by atoms with E-state index in [1.165, 1.54) is 11.4 Å². The lowest BCUT2D eigenvalue weighted by Crippen LogP contribution is -2.54. The van der Waals surface area contributed by atoms with E-state index < -0.39 is 23.5 Å². The molecule has 0 saturated heterocycles. The van der Waals surface area contributed by atoms with Crippen LogP contribution in [0.4, 0.5) is 13.2 Å². The highest BCUT2D eigenvalue weighted by atomic mass is 32.1. The zero-order valence-electron chi connectivity index (χ0n) is 7.97. The predicted molar refractivity (Wildman–Crippen MR) is 51.1 cm³/mol. The molecule has 94 valence electrons. The average Bonchev–Trinajstić information content (AvgIpc) is 2.68. The third-order valence-electron chi connectivity index (χ3n) is 1.79. The second-order valence-electron chi connectivity index (χ2n) is 2.93. The first-order valence-corrected chi connectivity index (χ1v) is 4.92. The molecule has 0 spiro atoms. The Morgan fingerprint density at radius 1 is 1.35 bits per heavy atom.